The normalized spacial score (nSPS) is 10.4. The summed E-state index contributed by atoms with van der Waals surface area (Å²) >= 11 is 11.4. The van der Waals surface area contributed by atoms with Gasteiger partial charge in [0.25, 0.3) is 5.91 Å². The molecule has 2 heterocycles. The number of hydrogen-bond acceptors (Lipinski definition) is 2. The molecule has 2 aromatic heterocycles. The second-order valence-electron chi connectivity index (χ2n) is 3.11. The molecule has 0 aliphatic heterocycles. The van der Waals surface area contributed by atoms with Crippen LogP contribution in [0, 0.1) is 0 Å². The smallest absolute Gasteiger partial charge is 0.268 e. The van der Waals surface area contributed by atoms with E-state index in [1.807, 2.05) is 0 Å². The fraction of sp³-hybridized carbons (Fsp3) is 0.100. The Morgan fingerprint density at radius 2 is 2.31 bits per heavy atom. The maximum atomic E-state index is 11.6. The van der Waals surface area contributed by atoms with Crippen LogP contribution in [0.1, 0.15) is 16.2 Å². The first-order valence-corrected chi connectivity index (χ1v) is 5.27. The summed E-state index contributed by atoms with van der Waals surface area (Å²) in [5.74, 6) is 0.391. The van der Waals surface area contributed by atoms with Gasteiger partial charge < -0.3 is 14.7 Å². The molecule has 4 nitrogen and oxygen atoms in total. The predicted octanol–water partition coefficient (Wildman–Crippen LogP) is 2.84. The highest BCUT2D eigenvalue weighted by Crippen LogP contribution is 2.21. The Labute approximate surface area is 102 Å². The van der Waals surface area contributed by atoms with Crippen LogP contribution in [-0.2, 0) is 6.54 Å². The Hall–Kier alpha value is -1.39. The Morgan fingerprint density at radius 3 is 2.88 bits per heavy atom. The van der Waals surface area contributed by atoms with Crippen molar-refractivity contribution in [1.29, 1.82) is 0 Å². The highest BCUT2D eigenvalue weighted by molar-refractivity contribution is 6.41. The molecular weight excluding hydrogens is 251 g/mol. The Morgan fingerprint density at radius 1 is 1.50 bits per heavy atom. The first kappa shape index (κ1) is 11.1. The molecule has 2 rings (SSSR count). The summed E-state index contributed by atoms with van der Waals surface area (Å²) in [5, 5.41) is 3.24. The summed E-state index contributed by atoms with van der Waals surface area (Å²) in [6, 6.07) is 5.00. The van der Waals surface area contributed by atoms with Gasteiger partial charge in [-0.15, -0.1) is 0 Å². The summed E-state index contributed by atoms with van der Waals surface area (Å²) in [4.78, 5) is 14.3. The molecule has 6 heteroatoms. The molecular formula is C10H8Cl2N2O2. The van der Waals surface area contributed by atoms with E-state index in [-0.39, 0.29) is 11.1 Å². The van der Waals surface area contributed by atoms with Gasteiger partial charge in [0, 0.05) is 0 Å². The molecule has 0 bridgehead atoms. The standard InChI is InChI=1S/C10H8Cl2N2O2/c11-7-4-8(14-9(7)12)10(15)13-5-6-2-1-3-16-6/h1-4,14H,5H2,(H,13,15). The molecule has 0 fully saturated rings. The van der Waals surface area contributed by atoms with E-state index in [9.17, 15) is 4.79 Å². The largest absolute Gasteiger partial charge is 0.467 e. The fourth-order valence-electron chi connectivity index (χ4n) is 1.20. The topological polar surface area (TPSA) is 58.0 Å². The van der Waals surface area contributed by atoms with Crippen molar-refractivity contribution < 1.29 is 9.21 Å². The number of furan rings is 1. The lowest BCUT2D eigenvalue weighted by Crippen LogP contribution is -2.22. The number of rotatable bonds is 3. The highest BCUT2D eigenvalue weighted by atomic mass is 35.5. The van der Waals surface area contributed by atoms with Gasteiger partial charge in [-0.2, -0.15) is 0 Å². The van der Waals surface area contributed by atoms with Crippen LogP contribution in [0.2, 0.25) is 10.2 Å². The third-order valence-electron chi connectivity index (χ3n) is 1.97. The van der Waals surface area contributed by atoms with Gasteiger partial charge in [-0.25, -0.2) is 0 Å². The van der Waals surface area contributed by atoms with E-state index < -0.39 is 0 Å². The van der Waals surface area contributed by atoms with Crippen LogP contribution in [-0.4, -0.2) is 10.9 Å². The summed E-state index contributed by atoms with van der Waals surface area (Å²) in [6.45, 7) is 0.320. The zero-order valence-corrected chi connectivity index (χ0v) is 9.60. The lowest BCUT2D eigenvalue weighted by Gasteiger charge is -2.00. The Kier molecular flexibility index (Phi) is 3.22. The molecule has 16 heavy (non-hydrogen) atoms. The van der Waals surface area contributed by atoms with Gasteiger partial charge in [0.2, 0.25) is 0 Å². The van der Waals surface area contributed by atoms with Crippen LogP contribution in [0.15, 0.2) is 28.9 Å². The molecule has 0 spiro atoms. The summed E-state index contributed by atoms with van der Waals surface area (Å²) in [5.41, 5.74) is 0.321. The predicted molar refractivity (Wildman–Crippen MR) is 60.7 cm³/mol. The van der Waals surface area contributed by atoms with Crippen LogP contribution >= 0.6 is 23.2 Å². The minimum absolute atomic E-state index is 0.254. The van der Waals surface area contributed by atoms with Crippen molar-refractivity contribution in [2.75, 3.05) is 0 Å². The van der Waals surface area contributed by atoms with Gasteiger partial charge in [-0.1, -0.05) is 23.2 Å². The summed E-state index contributed by atoms with van der Waals surface area (Å²) in [7, 11) is 0. The molecule has 0 unspecified atom stereocenters. The van der Waals surface area contributed by atoms with Gasteiger partial charge in [0.15, 0.2) is 0 Å². The molecule has 0 aliphatic carbocycles. The van der Waals surface area contributed by atoms with Crippen molar-refractivity contribution in [3.63, 3.8) is 0 Å². The lowest BCUT2D eigenvalue weighted by atomic mass is 10.4. The second kappa shape index (κ2) is 4.63. The summed E-state index contributed by atoms with van der Waals surface area (Å²) in [6.07, 6.45) is 1.55. The molecule has 0 saturated heterocycles. The quantitative estimate of drug-likeness (QED) is 0.890. The maximum absolute atomic E-state index is 11.6. The number of hydrogen-bond donors (Lipinski definition) is 2. The third kappa shape index (κ3) is 2.40. The average molecular weight is 259 g/mol. The van der Waals surface area contributed by atoms with Crippen molar-refractivity contribution in [3.8, 4) is 0 Å². The number of carbonyl (C=O) groups excluding carboxylic acids is 1. The number of aromatic nitrogens is 1. The van der Waals surface area contributed by atoms with Gasteiger partial charge in [-0.3, -0.25) is 4.79 Å². The van der Waals surface area contributed by atoms with Crippen molar-refractivity contribution in [2.45, 2.75) is 6.54 Å². The average Bonchev–Trinajstić information content (AvgIpc) is 2.86. The number of aromatic amines is 1. The molecule has 2 aromatic rings. The van der Waals surface area contributed by atoms with Crippen LogP contribution in [0.25, 0.3) is 0 Å². The monoisotopic (exact) mass is 258 g/mol. The van der Waals surface area contributed by atoms with Crippen LogP contribution in [0.3, 0.4) is 0 Å². The van der Waals surface area contributed by atoms with E-state index in [0.29, 0.717) is 23.0 Å². The molecule has 0 radical (unpaired) electrons. The number of amides is 1. The van der Waals surface area contributed by atoms with E-state index in [0.717, 1.165) is 0 Å². The van der Waals surface area contributed by atoms with Crippen LogP contribution in [0.5, 0.6) is 0 Å². The van der Waals surface area contributed by atoms with E-state index in [4.69, 9.17) is 27.6 Å². The number of H-pyrrole nitrogens is 1. The van der Waals surface area contributed by atoms with E-state index in [1.54, 1.807) is 18.4 Å². The van der Waals surface area contributed by atoms with Gasteiger partial charge >= 0.3 is 0 Å². The Balaban J connectivity index is 1.98. The molecule has 2 N–H and O–H groups in total. The van der Waals surface area contributed by atoms with Crippen molar-refractivity contribution >= 4 is 29.1 Å². The minimum atomic E-state index is -0.287. The molecule has 0 aliphatic rings. The number of carbonyl (C=O) groups is 1. The van der Waals surface area contributed by atoms with Crippen LogP contribution in [0.4, 0.5) is 0 Å². The van der Waals surface area contributed by atoms with E-state index in [2.05, 4.69) is 10.3 Å². The zero-order chi connectivity index (χ0) is 11.5. The van der Waals surface area contributed by atoms with Gasteiger partial charge in [0.05, 0.1) is 17.8 Å². The number of halogens is 2. The highest BCUT2D eigenvalue weighted by Gasteiger charge is 2.11. The molecule has 1 amide bonds. The third-order valence-corrected chi connectivity index (χ3v) is 2.67. The summed E-state index contributed by atoms with van der Waals surface area (Å²) < 4.78 is 5.07. The Bertz CT molecular complexity index is 471. The fourth-order valence-corrected chi connectivity index (χ4v) is 1.51. The van der Waals surface area contributed by atoms with Gasteiger partial charge in [-0.05, 0) is 18.2 Å². The first-order valence-electron chi connectivity index (χ1n) is 4.51. The second-order valence-corrected chi connectivity index (χ2v) is 3.89. The number of nitrogens with one attached hydrogen (secondary N) is 2. The minimum Gasteiger partial charge on any atom is -0.467 e. The van der Waals surface area contributed by atoms with Crippen molar-refractivity contribution in [1.82, 2.24) is 10.3 Å². The van der Waals surface area contributed by atoms with Crippen molar-refractivity contribution in [3.05, 3.63) is 46.1 Å². The van der Waals surface area contributed by atoms with E-state index in [1.165, 1.54) is 6.07 Å². The zero-order valence-electron chi connectivity index (χ0n) is 8.09. The molecule has 84 valence electrons. The van der Waals surface area contributed by atoms with Crippen LogP contribution < -0.4 is 5.32 Å². The SMILES string of the molecule is O=C(NCc1ccco1)c1cc(Cl)c(Cl)[nH]1. The molecule has 0 aromatic carbocycles. The van der Waals surface area contributed by atoms with Crippen molar-refractivity contribution in [2.24, 2.45) is 0 Å². The maximum Gasteiger partial charge on any atom is 0.268 e. The first-order chi connectivity index (χ1) is 7.66. The lowest BCUT2D eigenvalue weighted by molar-refractivity contribution is 0.0943. The van der Waals surface area contributed by atoms with Gasteiger partial charge in [0.1, 0.15) is 16.6 Å². The van der Waals surface area contributed by atoms with E-state index >= 15 is 0 Å². The molecule has 0 atom stereocenters. The molecule has 0 saturated carbocycles.